The molecule has 0 aliphatic rings. The van der Waals surface area contributed by atoms with Gasteiger partial charge < -0.3 is 9.73 Å². The minimum absolute atomic E-state index is 0.0908. The maximum atomic E-state index is 11.2. The number of nitrogens with one attached hydrogen (secondary N) is 1. The molecule has 84 valence electrons. The van der Waals surface area contributed by atoms with Crippen molar-refractivity contribution in [1.82, 2.24) is 15.5 Å². The standard InChI is InChI=1S/C10H17N3O2/c1-3-4-5-9(14)11-7-6-10-13-12-8(2)15-10/h3-7H2,1-2H3,(H,11,14). The van der Waals surface area contributed by atoms with Gasteiger partial charge in [-0.05, 0) is 6.42 Å². The zero-order chi connectivity index (χ0) is 11.1. The van der Waals surface area contributed by atoms with Gasteiger partial charge in [-0.25, -0.2) is 0 Å². The molecular weight excluding hydrogens is 194 g/mol. The highest BCUT2D eigenvalue weighted by Crippen LogP contribution is 1.98. The first-order chi connectivity index (χ1) is 7.22. The number of carbonyl (C=O) groups is 1. The van der Waals surface area contributed by atoms with Gasteiger partial charge in [0.1, 0.15) is 0 Å². The monoisotopic (exact) mass is 211 g/mol. The van der Waals surface area contributed by atoms with Crippen LogP contribution in [0.4, 0.5) is 0 Å². The number of aryl methyl sites for hydroxylation is 1. The second kappa shape index (κ2) is 6.16. The van der Waals surface area contributed by atoms with Crippen LogP contribution in [0, 0.1) is 6.92 Å². The van der Waals surface area contributed by atoms with Crippen LogP contribution in [0.1, 0.15) is 38.0 Å². The molecule has 0 fully saturated rings. The zero-order valence-corrected chi connectivity index (χ0v) is 9.25. The first-order valence-corrected chi connectivity index (χ1v) is 5.28. The summed E-state index contributed by atoms with van der Waals surface area (Å²) in [6.07, 6.45) is 3.17. The number of rotatable bonds is 6. The zero-order valence-electron chi connectivity index (χ0n) is 9.25. The molecule has 1 heterocycles. The summed E-state index contributed by atoms with van der Waals surface area (Å²) in [5.41, 5.74) is 0. The second-order valence-corrected chi connectivity index (χ2v) is 3.42. The van der Waals surface area contributed by atoms with Crippen molar-refractivity contribution in [2.45, 2.75) is 39.5 Å². The smallest absolute Gasteiger partial charge is 0.220 e. The second-order valence-electron chi connectivity index (χ2n) is 3.42. The van der Waals surface area contributed by atoms with E-state index in [4.69, 9.17) is 4.42 Å². The molecule has 0 unspecified atom stereocenters. The number of aromatic nitrogens is 2. The molecule has 0 aliphatic carbocycles. The van der Waals surface area contributed by atoms with E-state index in [2.05, 4.69) is 22.4 Å². The first kappa shape index (κ1) is 11.7. The van der Waals surface area contributed by atoms with E-state index in [1.54, 1.807) is 6.92 Å². The molecule has 1 amide bonds. The molecular formula is C10H17N3O2. The van der Waals surface area contributed by atoms with E-state index in [9.17, 15) is 4.79 Å². The van der Waals surface area contributed by atoms with Crippen LogP contribution in [0.5, 0.6) is 0 Å². The van der Waals surface area contributed by atoms with E-state index in [0.717, 1.165) is 12.8 Å². The molecule has 15 heavy (non-hydrogen) atoms. The summed E-state index contributed by atoms with van der Waals surface area (Å²) < 4.78 is 5.17. The van der Waals surface area contributed by atoms with Gasteiger partial charge in [-0.2, -0.15) is 0 Å². The lowest BCUT2D eigenvalue weighted by Gasteiger charge is -2.01. The summed E-state index contributed by atoms with van der Waals surface area (Å²) in [4.78, 5) is 11.2. The molecule has 0 bridgehead atoms. The minimum atomic E-state index is 0.0908. The Hall–Kier alpha value is -1.39. The normalized spacial score (nSPS) is 10.3. The topological polar surface area (TPSA) is 68.0 Å². The Morgan fingerprint density at radius 3 is 2.87 bits per heavy atom. The molecule has 0 spiro atoms. The number of hydrogen-bond donors (Lipinski definition) is 1. The van der Waals surface area contributed by atoms with Crippen molar-refractivity contribution in [2.75, 3.05) is 6.54 Å². The van der Waals surface area contributed by atoms with Crippen LogP contribution in [0.2, 0.25) is 0 Å². The highest BCUT2D eigenvalue weighted by molar-refractivity contribution is 5.75. The Labute approximate surface area is 89.3 Å². The SMILES string of the molecule is CCCCC(=O)NCCc1nnc(C)o1. The summed E-state index contributed by atoms with van der Waals surface area (Å²) in [5, 5.41) is 10.3. The van der Waals surface area contributed by atoms with Crippen molar-refractivity contribution in [3.05, 3.63) is 11.8 Å². The minimum Gasteiger partial charge on any atom is -0.426 e. The van der Waals surface area contributed by atoms with Crippen LogP contribution in [0.3, 0.4) is 0 Å². The summed E-state index contributed by atoms with van der Waals surface area (Å²) in [6.45, 7) is 4.37. The Balaban J connectivity index is 2.13. The Bertz CT molecular complexity index is 309. The quantitative estimate of drug-likeness (QED) is 0.768. The van der Waals surface area contributed by atoms with Gasteiger partial charge in [0.05, 0.1) is 0 Å². The molecule has 5 nitrogen and oxygen atoms in total. The number of hydrogen-bond acceptors (Lipinski definition) is 4. The fourth-order valence-electron chi connectivity index (χ4n) is 1.17. The lowest BCUT2D eigenvalue weighted by atomic mass is 10.2. The van der Waals surface area contributed by atoms with Crippen molar-refractivity contribution in [1.29, 1.82) is 0 Å². The van der Waals surface area contributed by atoms with Crippen LogP contribution in [0.15, 0.2) is 4.42 Å². The maximum Gasteiger partial charge on any atom is 0.220 e. The molecule has 0 atom stereocenters. The molecule has 0 saturated carbocycles. The molecule has 1 rings (SSSR count). The molecule has 0 aromatic carbocycles. The summed E-state index contributed by atoms with van der Waals surface area (Å²) >= 11 is 0. The largest absolute Gasteiger partial charge is 0.426 e. The van der Waals surface area contributed by atoms with Crippen LogP contribution in [-0.4, -0.2) is 22.6 Å². The Kier molecular flexibility index (Phi) is 4.80. The molecule has 0 saturated heterocycles. The van der Waals surface area contributed by atoms with Crippen molar-refractivity contribution in [2.24, 2.45) is 0 Å². The predicted molar refractivity (Wildman–Crippen MR) is 55.3 cm³/mol. The van der Waals surface area contributed by atoms with E-state index >= 15 is 0 Å². The molecule has 5 heteroatoms. The van der Waals surface area contributed by atoms with Gasteiger partial charge in [0.25, 0.3) is 0 Å². The highest BCUT2D eigenvalue weighted by atomic mass is 16.4. The molecule has 0 radical (unpaired) electrons. The maximum absolute atomic E-state index is 11.2. The molecule has 1 aromatic heterocycles. The lowest BCUT2D eigenvalue weighted by molar-refractivity contribution is -0.121. The van der Waals surface area contributed by atoms with Crippen molar-refractivity contribution in [3.63, 3.8) is 0 Å². The van der Waals surface area contributed by atoms with Gasteiger partial charge in [0.15, 0.2) is 0 Å². The molecule has 0 aliphatic heterocycles. The van der Waals surface area contributed by atoms with Crippen LogP contribution in [-0.2, 0) is 11.2 Å². The van der Waals surface area contributed by atoms with Gasteiger partial charge in [-0.15, -0.1) is 10.2 Å². The third-order valence-electron chi connectivity index (χ3n) is 1.99. The van der Waals surface area contributed by atoms with Gasteiger partial charge in [-0.1, -0.05) is 13.3 Å². The van der Waals surface area contributed by atoms with E-state index in [-0.39, 0.29) is 5.91 Å². The van der Waals surface area contributed by atoms with Gasteiger partial charge in [0.2, 0.25) is 17.7 Å². The van der Waals surface area contributed by atoms with Gasteiger partial charge in [0, 0.05) is 26.3 Å². The fraction of sp³-hybridized carbons (Fsp3) is 0.700. The number of carbonyl (C=O) groups excluding carboxylic acids is 1. The average Bonchev–Trinajstić information content (AvgIpc) is 2.61. The molecule has 1 N–H and O–H groups in total. The van der Waals surface area contributed by atoms with E-state index in [0.29, 0.717) is 31.2 Å². The molecule has 1 aromatic rings. The summed E-state index contributed by atoms with van der Waals surface area (Å²) in [5.74, 6) is 1.22. The third-order valence-corrected chi connectivity index (χ3v) is 1.99. The number of amides is 1. The van der Waals surface area contributed by atoms with Crippen LogP contribution < -0.4 is 5.32 Å². The third kappa shape index (κ3) is 4.58. The first-order valence-electron chi connectivity index (χ1n) is 5.28. The van der Waals surface area contributed by atoms with Crippen molar-refractivity contribution >= 4 is 5.91 Å². The number of nitrogens with zero attached hydrogens (tertiary/aromatic N) is 2. The average molecular weight is 211 g/mol. The summed E-state index contributed by atoms with van der Waals surface area (Å²) in [7, 11) is 0. The number of unbranched alkanes of at least 4 members (excludes halogenated alkanes) is 1. The highest BCUT2D eigenvalue weighted by Gasteiger charge is 2.03. The van der Waals surface area contributed by atoms with Crippen molar-refractivity contribution in [3.8, 4) is 0 Å². The van der Waals surface area contributed by atoms with Crippen LogP contribution >= 0.6 is 0 Å². The van der Waals surface area contributed by atoms with Gasteiger partial charge >= 0.3 is 0 Å². The van der Waals surface area contributed by atoms with E-state index in [1.807, 2.05) is 0 Å². The fourth-order valence-corrected chi connectivity index (χ4v) is 1.17. The summed E-state index contributed by atoms with van der Waals surface area (Å²) in [6, 6.07) is 0. The predicted octanol–water partition coefficient (Wildman–Crippen LogP) is 1.23. The van der Waals surface area contributed by atoms with Crippen LogP contribution in [0.25, 0.3) is 0 Å². The van der Waals surface area contributed by atoms with E-state index in [1.165, 1.54) is 0 Å². The van der Waals surface area contributed by atoms with Crippen molar-refractivity contribution < 1.29 is 9.21 Å². The Morgan fingerprint density at radius 2 is 2.27 bits per heavy atom. The van der Waals surface area contributed by atoms with Gasteiger partial charge in [-0.3, -0.25) is 4.79 Å². The van der Waals surface area contributed by atoms with E-state index < -0.39 is 0 Å². The Morgan fingerprint density at radius 1 is 1.47 bits per heavy atom. The lowest BCUT2D eigenvalue weighted by Crippen LogP contribution is -2.25.